The van der Waals surface area contributed by atoms with Crippen LogP contribution in [0.3, 0.4) is 0 Å². The van der Waals surface area contributed by atoms with Gasteiger partial charge >= 0.3 is 0 Å². The number of rotatable bonds is 5. The summed E-state index contributed by atoms with van der Waals surface area (Å²) in [6, 6.07) is 8.19. The number of nitriles is 1. The highest BCUT2D eigenvalue weighted by atomic mass is 32.1. The predicted octanol–water partition coefficient (Wildman–Crippen LogP) is 2.72. The van der Waals surface area contributed by atoms with Crippen LogP contribution < -0.4 is 0 Å². The first-order valence-corrected chi connectivity index (χ1v) is 7.77. The summed E-state index contributed by atoms with van der Waals surface area (Å²) in [4.78, 5) is 8.12. The number of aromatic nitrogens is 1. The van der Waals surface area contributed by atoms with Crippen molar-refractivity contribution in [3.05, 3.63) is 51.0 Å². The van der Waals surface area contributed by atoms with Crippen molar-refractivity contribution in [3.63, 3.8) is 0 Å². The Morgan fingerprint density at radius 2 is 2.24 bits per heavy atom. The molecule has 0 aliphatic carbocycles. The summed E-state index contributed by atoms with van der Waals surface area (Å²) in [5.74, 6) is 0. The molecular formula is C16H17N3OS. The molecule has 2 aromatic rings. The molecule has 108 valence electrons. The van der Waals surface area contributed by atoms with Gasteiger partial charge in [-0.05, 0) is 23.3 Å². The van der Waals surface area contributed by atoms with E-state index in [1.54, 1.807) is 18.4 Å². The van der Waals surface area contributed by atoms with Gasteiger partial charge in [-0.3, -0.25) is 4.90 Å². The Morgan fingerprint density at radius 3 is 3.05 bits per heavy atom. The van der Waals surface area contributed by atoms with E-state index in [2.05, 4.69) is 22.0 Å². The summed E-state index contributed by atoms with van der Waals surface area (Å²) in [6.07, 6.45) is 2.85. The molecule has 2 heterocycles. The highest BCUT2D eigenvalue weighted by molar-refractivity contribution is 7.11. The lowest BCUT2D eigenvalue weighted by atomic mass is 10.1. The molecule has 0 saturated carbocycles. The molecule has 3 rings (SSSR count). The molecule has 0 amide bonds. The fraction of sp³-hybridized carbons (Fsp3) is 0.375. The van der Waals surface area contributed by atoms with Crippen LogP contribution in [0.2, 0.25) is 0 Å². The number of hydrogen-bond acceptors (Lipinski definition) is 5. The Morgan fingerprint density at radius 1 is 1.38 bits per heavy atom. The zero-order valence-corrected chi connectivity index (χ0v) is 12.8. The lowest BCUT2D eigenvalue weighted by molar-refractivity contribution is 0.202. The van der Waals surface area contributed by atoms with Crippen LogP contribution in [0.15, 0.2) is 24.4 Å². The molecule has 0 saturated heterocycles. The van der Waals surface area contributed by atoms with Gasteiger partial charge in [-0.15, -0.1) is 11.3 Å². The van der Waals surface area contributed by atoms with Crippen molar-refractivity contribution in [2.45, 2.75) is 26.1 Å². The van der Waals surface area contributed by atoms with Crippen molar-refractivity contribution in [3.8, 4) is 6.07 Å². The van der Waals surface area contributed by atoms with Gasteiger partial charge in [0, 0.05) is 44.2 Å². The van der Waals surface area contributed by atoms with E-state index in [1.165, 1.54) is 16.0 Å². The average Bonchev–Trinajstić information content (AvgIpc) is 3.10. The summed E-state index contributed by atoms with van der Waals surface area (Å²) in [5.41, 5.74) is 3.35. The van der Waals surface area contributed by atoms with E-state index in [9.17, 15) is 0 Å². The summed E-state index contributed by atoms with van der Waals surface area (Å²) >= 11 is 1.76. The SMILES string of the molecule is COCCc1ncc(CN2Cc3ccc(C#N)cc3C2)s1. The molecule has 1 aromatic heterocycles. The van der Waals surface area contributed by atoms with Crippen LogP contribution in [0, 0.1) is 11.3 Å². The second kappa shape index (κ2) is 6.35. The summed E-state index contributed by atoms with van der Waals surface area (Å²) in [5, 5.41) is 10.1. The Kier molecular flexibility index (Phi) is 4.30. The maximum absolute atomic E-state index is 8.96. The third-order valence-corrected chi connectivity index (χ3v) is 4.67. The van der Waals surface area contributed by atoms with Crippen molar-refractivity contribution in [2.75, 3.05) is 13.7 Å². The molecule has 1 aliphatic rings. The van der Waals surface area contributed by atoms with Crippen molar-refractivity contribution < 1.29 is 4.74 Å². The fourth-order valence-electron chi connectivity index (χ4n) is 2.59. The number of ether oxygens (including phenoxy) is 1. The number of benzene rings is 1. The Balaban J connectivity index is 1.63. The second-order valence-electron chi connectivity index (χ2n) is 5.20. The van der Waals surface area contributed by atoms with E-state index < -0.39 is 0 Å². The van der Waals surface area contributed by atoms with Gasteiger partial charge in [0.15, 0.2) is 0 Å². The molecule has 1 aromatic carbocycles. The number of methoxy groups -OCH3 is 1. The zero-order valence-electron chi connectivity index (χ0n) is 12.0. The maximum atomic E-state index is 8.96. The van der Waals surface area contributed by atoms with Crippen LogP contribution >= 0.6 is 11.3 Å². The molecule has 0 unspecified atom stereocenters. The van der Waals surface area contributed by atoms with Crippen molar-refractivity contribution in [2.24, 2.45) is 0 Å². The van der Waals surface area contributed by atoms with Crippen LogP contribution in [-0.4, -0.2) is 23.6 Å². The summed E-state index contributed by atoms with van der Waals surface area (Å²) < 4.78 is 5.08. The molecule has 0 N–H and O–H groups in total. The third-order valence-electron chi connectivity index (χ3n) is 3.62. The Hall–Kier alpha value is -1.74. The summed E-state index contributed by atoms with van der Waals surface area (Å²) in [6.45, 7) is 3.50. The number of fused-ring (bicyclic) bond motifs is 1. The topological polar surface area (TPSA) is 49.1 Å². The van der Waals surface area contributed by atoms with Crippen LogP contribution in [0.5, 0.6) is 0 Å². The van der Waals surface area contributed by atoms with Crippen LogP contribution in [-0.2, 0) is 30.8 Å². The second-order valence-corrected chi connectivity index (χ2v) is 6.40. The van der Waals surface area contributed by atoms with E-state index in [0.717, 1.165) is 43.2 Å². The Bertz CT molecular complexity index is 674. The smallest absolute Gasteiger partial charge is 0.0991 e. The predicted molar refractivity (Wildman–Crippen MR) is 81.8 cm³/mol. The molecule has 0 atom stereocenters. The third kappa shape index (κ3) is 3.30. The van der Waals surface area contributed by atoms with Crippen molar-refractivity contribution in [1.82, 2.24) is 9.88 Å². The number of thiazole rings is 1. The first-order chi connectivity index (χ1) is 10.3. The molecular weight excluding hydrogens is 282 g/mol. The average molecular weight is 299 g/mol. The standard InChI is InChI=1S/C16H17N3OS/c1-20-5-4-16-18-8-15(21-16)11-19-9-13-3-2-12(7-17)6-14(13)10-19/h2-3,6,8H,4-5,9-11H2,1H3. The van der Waals surface area contributed by atoms with Gasteiger partial charge in [0.25, 0.3) is 0 Å². The lowest BCUT2D eigenvalue weighted by Gasteiger charge is -2.12. The van der Waals surface area contributed by atoms with Gasteiger partial charge in [0.1, 0.15) is 0 Å². The van der Waals surface area contributed by atoms with Crippen LogP contribution in [0.4, 0.5) is 0 Å². The molecule has 0 fully saturated rings. The number of nitrogens with zero attached hydrogens (tertiary/aromatic N) is 3. The molecule has 4 nitrogen and oxygen atoms in total. The molecule has 5 heteroatoms. The maximum Gasteiger partial charge on any atom is 0.0991 e. The van der Waals surface area contributed by atoms with E-state index in [-0.39, 0.29) is 0 Å². The van der Waals surface area contributed by atoms with Gasteiger partial charge in [-0.25, -0.2) is 4.98 Å². The quantitative estimate of drug-likeness (QED) is 0.852. The van der Waals surface area contributed by atoms with E-state index in [0.29, 0.717) is 0 Å². The highest BCUT2D eigenvalue weighted by Gasteiger charge is 2.20. The first kappa shape index (κ1) is 14.2. The minimum atomic E-state index is 0.721. The summed E-state index contributed by atoms with van der Waals surface area (Å²) in [7, 11) is 1.71. The van der Waals surface area contributed by atoms with Crippen molar-refractivity contribution in [1.29, 1.82) is 5.26 Å². The zero-order chi connectivity index (χ0) is 14.7. The fourth-order valence-corrected chi connectivity index (χ4v) is 3.54. The van der Waals surface area contributed by atoms with Gasteiger partial charge in [0.2, 0.25) is 0 Å². The molecule has 1 aliphatic heterocycles. The van der Waals surface area contributed by atoms with Crippen molar-refractivity contribution >= 4 is 11.3 Å². The van der Waals surface area contributed by atoms with E-state index in [4.69, 9.17) is 10.00 Å². The molecule has 0 spiro atoms. The van der Waals surface area contributed by atoms with Crippen LogP contribution in [0.25, 0.3) is 0 Å². The van der Waals surface area contributed by atoms with Gasteiger partial charge in [0.05, 0.1) is 23.2 Å². The first-order valence-electron chi connectivity index (χ1n) is 6.95. The highest BCUT2D eigenvalue weighted by Crippen LogP contribution is 2.26. The minimum absolute atomic E-state index is 0.721. The number of hydrogen-bond donors (Lipinski definition) is 0. The van der Waals surface area contributed by atoms with Gasteiger partial charge < -0.3 is 4.74 Å². The van der Waals surface area contributed by atoms with E-state index >= 15 is 0 Å². The molecule has 0 bridgehead atoms. The van der Waals surface area contributed by atoms with Crippen LogP contribution in [0.1, 0.15) is 26.6 Å². The minimum Gasteiger partial charge on any atom is -0.384 e. The van der Waals surface area contributed by atoms with E-state index in [1.807, 2.05) is 18.3 Å². The lowest BCUT2D eigenvalue weighted by Crippen LogP contribution is -2.14. The normalized spacial score (nSPS) is 14.1. The van der Waals surface area contributed by atoms with Gasteiger partial charge in [-0.2, -0.15) is 5.26 Å². The van der Waals surface area contributed by atoms with Gasteiger partial charge in [-0.1, -0.05) is 6.07 Å². The largest absolute Gasteiger partial charge is 0.384 e. The Labute approximate surface area is 128 Å². The molecule has 21 heavy (non-hydrogen) atoms. The monoisotopic (exact) mass is 299 g/mol. The molecule has 0 radical (unpaired) electrons.